The first-order chi connectivity index (χ1) is 12.9. The predicted octanol–water partition coefficient (Wildman–Crippen LogP) is 2.87. The summed E-state index contributed by atoms with van der Waals surface area (Å²) in [5.74, 6) is -1.05. The lowest BCUT2D eigenvalue weighted by Gasteiger charge is -2.44. The summed E-state index contributed by atoms with van der Waals surface area (Å²) in [5.41, 5.74) is 0.576. The molecule has 0 saturated carbocycles. The summed E-state index contributed by atoms with van der Waals surface area (Å²) in [7, 11) is 2.19. The van der Waals surface area contributed by atoms with Crippen molar-refractivity contribution in [1.82, 2.24) is 14.7 Å². The number of hydrogen-bond acceptors (Lipinski definition) is 3. The number of hydrogen-bond donors (Lipinski definition) is 0. The van der Waals surface area contributed by atoms with E-state index < -0.39 is 11.6 Å². The predicted molar refractivity (Wildman–Crippen MR) is 100 cm³/mol. The molecule has 3 aliphatic heterocycles. The molecule has 3 fully saturated rings. The SMILES string of the molecule is CN1CCC(N2CCC3(CC2)CC(=O)N(Cc2cc(F)cc(F)c2)C3)CC1. The topological polar surface area (TPSA) is 26.8 Å². The zero-order valence-corrected chi connectivity index (χ0v) is 16.1. The maximum Gasteiger partial charge on any atom is 0.223 e. The van der Waals surface area contributed by atoms with Gasteiger partial charge in [0, 0.05) is 31.6 Å². The van der Waals surface area contributed by atoms with Crippen LogP contribution in [-0.2, 0) is 11.3 Å². The van der Waals surface area contributed by atoms with Gasteiger partial charge in [0.15, 0.2) is 0 Å². The minimum absolute atomic E-state index is 0.0465. The highest BCUT2D eigenvalue weighted by Gasteiger charge is 2.45. The van der Waals surface area contributed by atoms with Crippen LogP contribution in [0.15, 0.2) is 18.2 Å². The van der Waals surface area contributed by atoms with E-state index >= 15 is 0 Å². The molecule has 0 atom stereocenters. The molecule has 0 aromatic heterocycles. The number of rotatable bonds is 3. The van der Waals surface area contributed by atoms with E-state index in [0.717, 1.165) is 32.0 Å². The Morgan fingerprint density at radius 2 is 1.67 bits per heavy atom. The number of carbonyl (C=O) groups is 1. The number of piperidine rings is 2. The molecule has 1 spiro atoms. The van der Waals surface area contributed by atoms with Crippen LogP contribution in [0.3, 0.4) is 0 Å². The van der Waals surface area contributed by atoms with Gasteiger partial charge in [0.2, 0.25) is 5.91 Å². The Labute approximate surface area is 160 Å². The van der Waals surface area contributed by atoms with Crippen molar-refractivity contribution < 1.29 is 13.6 Å². The summed E-state index contributed by atoms with van der Waals surface area (Å²) in [4.78, 5) is 19.4. The molecule has 0 aliphatic carbocycles. The third-order valence-corrected chi connectivity index (χ3v) is 6.76. The van der Waals surface area contributed by atoms with Gasteiger partial charge in [-0.25, -0.2) is 8.78 Å². The van der Waals surface area contributed by atoms with Crippen LogP contribution in [0.5, 0.6) is 0 Å². The molecule has 0 N–H and O–H groups in total. The maximum atomic E-state index is 13.4. The lowest BCUT2D eigenvalue weighted by molar-refractivity contribution is -0.128. The molecular weight excluding hydrogens is 348 g/mol. The number of carbonyl (C=O) groups excluding carboxylic acids is 1. The zero-order valence-electron chi connectivity index (χ0n) is 16.1. The van der Waals surface area contributed by atoms with Crippen LogP contribution in [-0.4, -0.2) is 66.4 Å². The monoisotopic (exact) mass is 377 g/mol. The molecule has 3 saturated heterocycles. The first-order valence-corrected chi connectivity index (χ1v) is 10.1. The van der Waals surface area contributed by atoms with Crippen molar-refractivity contribution in [3.63, 3.8) is 0 Å². The molecule has 1 amide bonds. The fraction of sp³-hybridized carbons (Fsp3) is 0.667. The lowest BCUT2D eigenvalue weighted by atomic mass is 9.77. The van der Waals surface area contributed by atoms with Crippen molar-refractivity contribution in [3.8, 4) is 0 Å². The van der Waals surface area contributed by atoms with Gasteiger partial charge in [-0.05, 0) is 82.0 Å². The summed E-state index contributed by atoms with van der Waals surface area (Å²) in [6.07, 6.45) is 5.13. The fourth-order valence-electron chi connectivity index (χ4n) is 5.11. The first kappa shape index (κ1) is 18.8. The summed E-state index contributed by atoms with van der Waals surface area (Å²) < 4.78 is 26.9. The number of nitrogens with zero attached hydrogens (tertiary/aromatic N) is 3. The highest BCUT2D eigenvalue weighted by molar-refractivity contribution is 5.79. The summed E-state index contributed by atoms with van der Waals surface area (Å²) >= 11 is 0. The minimum atomic E-state index is -0.585. The van der Waals surface area contributed by atoms with Gasteiger partial charge in [-0.3, -0.25) is 4.79 Å². The van der Waals surface area contributed by atoms with Crippen molar-refractivity contribution in [2.45, 2.75) is 44.7 Å². The molecule has 4 rings (SSSR count). The first-order valence-electron chi connectivity index (χ1n) is 10.1. The molecule has 1 aromatic carbocycles. The second-order valence-corrected chi connectivity index (χ2v) is 8.77. The van der Waals surface area contributed by atoms with Crippen LogP contribution in [0.1, 0.15) is 37.7 Å². The van der Waals surface area contributed by atoms with Crippen LogP contribution in [0.4, 0.5) is 8.78 Å². The van der Waals surface area contributed by atoms with Crippen LogP contribution >= 0.6 is 0 Å². The van der Waals surface area contributed by atoms with E-state index in [1.54, 1.807) is 4.90 Å². The van der Waals surface area contributed by atoms with Crippen molar-refractivity contribution in [3.05, 3.63) is 35.4 Å². The molecule has 148 valence electrons. The quantitative estimate of drug-likeness (QED) is 0.811. The van der Waals surface area contributed by atoms with E-state index in [0.29, 0.717) is 31.1 Å². The molecule has 0 unspecified atom stereocenters. The molecule has 3 heterocycles. The van der Waals surface area contributed by atoms with Gasteiger partial charge in [0.05, 0.1) is 0 Å². The molecule has 1 aromatic rings. The highest BCUT2D eigenvalue weighted by Crippen LogP contribution is 2.42. The van der Waals surface area contributed by atoms with E-state index in [9.17, 15) is 13.6 Å². The van der Waals surface area contributed by atoms with Gasteiger partial charge in [0.1, 0.15) is 11.6 Å². The number of likely N-dealkylation sites (tertiary alicyclic amines) is 3. The van der Waals surface area contributed by atoms with Crippen LogP contribution < -0.4 is 0 Å². The Hall–Kier alpha value is -1.53. The van der Waals surface area contributed by atoms with Crippen molar-refractivity contribution in [1.29, 1.82) is 0 Å². The van der Waals surface area contributed by atoms with Gasteiger partial charge >= 0.3 is 0 Å². The largest absolute Gasteiger partial charge is 0.338 e. The van der Waals surface area contributed by atoms with E-state index in [2.05, 4.69) is 16.8 Å². The smallest absolute Gasteiger partial charge is 0.223 e. The Morgan fingerprint density at radius 1 is 1.04 bits per heavy atom. The average Bonchev–Trinajstić information content (AvgIpc) is 2.90. The molecule has 0 bridgehead atoms. The summed E-state index contributed by atoms with van der Waals surface area (Å²) in [6.45, 7) is 5.47. The molecule has 0 radical (unpaired) electrons. The van der Waals surface area contributed by atoms with Crippen molar-refractivity contribution >= 4 is 5.91 Å². The van der Waals surface area contributed by atoms with E-state index in [1.807, 2.05) is 0 Å². The zero-order chi connectivity index (χ0) is 19.0. The van der Waals surface area contributed by atoms with Crippen LogP contribution in [0, 0.1) is 17.0 Å². The van der Waals surface area contributed by atoms with E-state index in [4.69, 9.17) is 0 Å². The Kier molecular flexibility index (Phi) is 5.21. The van der Waals surface area contributed by atoms with Crippen LogP contribution in [0.25, 0.3) is 0 Å². The summed E-state index contributed by atoms with van der Waals surface area (Å²) in [6, 6.07) is 4.20. The average molecular weight is 377 g/mol. The van der Waals surface area contributed by atoms with Crippen molar-refractivity contribution in [2.24, 2.45) is 5.41 Å². The van der Waals surface area contributed by atoms with E-state index in [-0.39, 0.29) is 11.3 Å². The highest BCUT2D eigenvalue weighted by atomic mass is 19.1. The Bertz CT molecular complexity index is 674. The Balaban J connectivity index is 1.35. The number of benzene rings is 1. The summed E-state index contributed by atoms with van der Waals surface area (Å²) in [5, 5.41) is 0. The fourth-order valence-corrected chi connectivity index (χ4v) is 5.11. The van der Waals surface area contributed by atoms with Gasteiger partial charge < -0.3 is 14.7 Å². The molecule has 27 heavy (non-hydrogen) atoms. The third-order valence-electron chi connectivity index (χ3n) is 6.76. The van der Waals surface area contributed by atoms with Gasteiger partial charge in [0.25, 0.3) is 0 Å². The lowest BCUT2D eigenvalue weighted by Crippen LogP contribution is -2.49. The van der Waals surface area contributed by atoms with Gasteiger partial charge in [-0.1, -0.05) is 0 Å². The number of halogens is 2. The molecule has 4 nitrogen and oxygen atoms in total. The standard InChI is InChI=1S/C21H29F2N3O/c1-24-6-2-19(3-7-24)25-8-4-21(5-9-25)13-20(27)26(15-21)14-16-10-17(22)12-18(23)11-16/h10-12,19H,2-9,13-15H2,1H3. The third kappa shape index (κ3) is 4.16. The number of amides is 1. The second kappa shape index (κ2) is 7.47. The van der Waals surface area contributed by atoms with Gasteiger partial charge in [-0.2, -0.15) is 0 Å². The normalized spacial score (nSPS) is 24.9. The molecular formula is C21H29F2N3O. The molecule has 3 aliphatic rings. The van der Waals surface area contributed by atoms with Crippen LogP contribution in [0.2, 0.25) is 0 Å². The Morgan fingerprint density at radius 3 is 2.30 bits per heavy atom. The van der Waals surface area contributed by atoms with Gasteiger partial charge in [-0.15, -0.1) is 0 Å². The van der Waals surface area contributed by atoms with E-state index in [1.165, 1.54) is 38.1 Å². The molecule has 6 heteroatoms. The second-order valence-electron chi connectivity index (χ2n) is 8.77. The minimum Gasteiger partial charge on any atom is -0.338 e. The maximum absolute atomic E-state index is 13.4. The van der Waals surface area contributed by atoms with Crippen molar-refractivity contribution in [2.75, 3.05) is 39.8 Å².